The average molecular weight is 347 g/mol. The van der Waals surface area contributed by atoms with Gasteiger partial charge in [0.25, 0.3) is 0 Å². The number of nitrogens with zero attached hydrogens (tertiary/aromatic N) is 2. The third-order valence-corrected chi connectivity index (χ3v) is 5.01. The summed E-state index contributed by atoms with van der Waals surface area (Å²) in [6.45, 7) is 7.84. The molecule has 1 aromatic carbocycles. The van der Waals surface area contributed by atoms with Crippen molar-refractivity contribution in [3.05, 3.63) is 35.9 Å². The number of carbonyl (C=O) groups excluding carboxylic acids is 1. The van der Waals surface area contributed by atoms with Gasteiger partial charge in [-0.2, -0.15) is 0 Å². The zero-order valence-electron chi connectivity index (χ0n) is 15.9. The molecule has 2 unspecified atom stereocenters. The Morgan fingerprint density at radius 1 is 1.20 bits per heavy atom. The number of hydrogen-bond acceptors (Lipinski definition) is 3. The minimum atomic E-state index is -0.225. The number of rotatable bonds is 8. The molecule has 1 aliphatic rings. The molecule has 0 aromatic heterocycles. The average Bonchev–Trinajstić information content (AvgIpc) is 2.76. The molecular weight excluding hydrogens is 312 g/mol. The highest BCUT2D eigenvalue weighted by atomic mass is 16.3. The molecule has 1 N–H and O–H groups in total. The Kier molecular flexibility index (Phi) is 8.42. The molecule has 4 nitrogen and oxygen atoms in total. The van der Waals surface area contributed by atoms with Crippen molar-refractivity contribution in [3.8, 4) is 0 Å². The topological polar surface area (TPSA) is 43.8 Å². The van der Waals surface area contributed by atoms with Crippen LogP contribution in [0.5, 0.6) is 0 Å². The van der Waals surface area contributed by atoms with Crippen LogP contribution >= 0.6 is 0 Å². The maximum Gasteiger partial charge on any atom is 0.222 e. The van der Waals surface area contributed by atoms with E-state index in [1.54, 1.807) is 0 Å². The van der Waals surface area contributed by atoms with Gasteiger partial charge in [0.1, 0.15) is 0 Å². The summed E-state index contributed by atoms with van der Waals surface area (Å²) < 4.78 is 0. The van der Waals surface area contributed by atoms with Crippen molar-refractivity contribution in [2.45, 2.75) is 71.1 Å². The van der Waals surface area contributed by atoms with Crippen LogP contribution in [-0.4, -0.2) is 52.6 Å². The fourth-order valence-electron chi connectivity index (χ4n) is 3.64. The molecule has 1 aliphatic heterocycles. The first-order chi connectivity index (χ1) is 12.1. The molecule has 0 aliphatic carbocycles. The van der Waals surface area contributed by atoms with Crippen molar-refractivity contribution in [2.24, 2.45) is 0 Å². The van der Waals surface area contributed by atoms with Gasteiger partial charge < -0.3 is 10.0 Å². The van der Waals surface area contributed by atoms with Crippen molar-refractivity contribution in [2.75, 3.05) is 19.6 Å². The Balaban J connectivity index is 1.76. The van der Waals surface area contributed by atoms with Crippen LogP contribution in [0.4, 0.5) is 0 Å². The largest absolute Gasteiger partial charge is 0.393 e. The predicted molar refractivity (Wildman–Crippen MR) is 102 cm³/mol. The maximum absolute atomic E-state index is 12.6. The monoisotopic (exact) mass is 346 g/mol. The highest BCUT2D eigenvalue weighted by Gasteiger charge is 2.24. The normalized spacial score (nSPS) is 20.3. The summed E-state index contributed by atoms with van der Waals surface area (Å²) >= 11 is 0. The van der Waals surface area contributed by atoms with Crippen LogP contribution in [0, 0.1) is 0 Å². The van der Waals surface area contributed by atoms with Gasteiger partial charge in [-0.1, -0.05) is 43.2 Å². The standard InChI is InChI=1S/C21H34N2O2/c1-18-16-22(17-20-11-6-4-7-12-20)14-9-15-23(18)21(25)13-8-3-5-10-19(2)24/h4,6-7,11-12,18-19,24H,3,5,8-10,13-17H2,1-2H3. The van der Waals surface area contributed by atoms with E-state index in [-0.39, 0.29) is 12.1 Å². The van der Waals surface area contributed by atoms with E-state index in [0.29, 0.717) is 12.3 Å². The van der Waals surface area contributed by atoms with Crippen LogP contribution < -0.4 is 0 Å². The predicted octanol–water partition coefficient (Wildman–Crippen LogP) is 3.44. The van der Waals surface area contributed by atoms with Crippen LogP contribution in [0.25, 0.3) is 0 Å². The number of unbranched alkanes of at least 4 members (excludes halogenated alkanes) is 2. The van der Waals surface area contributed by atoms with E-state index in [4.69, 9.17) is 0 Å². The molecule has 4 heteroatoms. The number of aliphatic hydroxyl groups is 1. The van der Waals surface area contributed by atoms with Crippen LogP contribution in [0.1, 0.15) is 57.9 Å². The minimum Gasteiger partial charge on any atom is -0.393 e. The molecule has 1 aromatic rings. The van der Waals surface area contributed by atoms with E-state index in [2.05, 4.69) is 47.1 Å². The zero-order chi connectivity index (χ0) is 18.1. The van der Waals surface area contributed by atoms with Crippen LogP contribution in [0.15, 0.2) is 30.3 Å². The number of amides is 1. The lowest BCUT2D eigenvalue weighted by atomic mass is 10.1. The third kappa shape index (κ3) is 7.17. The van der Waals surface area contributed by atoms with Gasteiger partial charge >= 0.3 is 0 Å². The summed E-state index contributed by atoms with van der Waals surface area (Å²) in [7, 11) is 0. The Morgan fingerprint density at radius 2 is 1.96 bits per heavy atom. The summed E-state index contributed by atoms with van der Waals surface area (Å²) in [5.41, 5.74) is 1.34. The first-order valence-corrected chi connectivity index (χ1v) is 9.80. The summed E-state index contributed by atoms with van der Waals surface area (Å²) in [6.07, 6.45) is 5.26. The second-order valence-electron chi connectivity index (χ2n) is 7.46. The summed E-state index contributed by atoms with van der Waals surface area (Å²) in [6, 6.07) is 10.8. The first-order valence-electron chi connectivity index (χ1n) is 9.80. The van der Waals surface area contributed by atoms with E-state index in [1.807, 2.05) is 6.92 Å². The lowest BCUT2D eigenvalue weighted by Gasteiger charge is -2.29. The van der Waals surface area contributed by atoms with Crippen LogP contribution in [0.3, 0.4) is 0 Å². The molecule has 1 fully saturated rings. The van der Waals surface area contributed by atoms with Crippen molar-refractivity contribution in [3.63, 3.8) is 0 Å². The molecule has 140 valence electrons. The van der Waals surface area contributed by atoms with Gasteiger partial charge in [-0.25, -0.2) is 0 Å². The smallest absolute Gasteiger partial charge is 0.222 e. The van der Waals surface area contributed by atoms with Gasteiger partial charge in [-0.05, 0) is 38.7 Å². The molecule has 25 heavy (non-hydrogen) atoms. The molecule has 2 atom stereocenters. The fraction of sp³-hybridized carbons (Fsp3) is 0.667. The van der Waals surface area contributed by atoms with E-state index in [0.717, 1.165) is 58.3 Å². The Bertz CT molecular complexity index is 504. The van der Waals surface area contributed by atoms with Crippen molar-refractivity contribution < 1.29 is 9.90 Å². The van der Waals surface area contributed by atoms with E-state index < -0.39 is 0 Å². The lowest BCUT2D eigenvalue weighted by Crippen LogP contribution is -2.42. The molecule has 1 heterocycles. The quantitative estimate of drug-likeness (QED) is 0.733. The lowest BCUT2D eigenvalue weighted by molar-refractivity contribution is -0.133. The molecule has 1 amide bonds. The van der Waals surface area contributed by atoms with Gasteiger partial charge in [0, 0.05) is 38.6 Å². The van der Waals surface area contributed by atoms with Crippen molar-refractivity contribution >= 4 is 5.91 Å². The number of aliphatic hydroxyl groups excluding tert-OH is 1. The zero-order valence-corrected chi connectivity index (χ0v) is 15.9. The molecule has 0 bridgehead atoms. The van der Waals surface area contributed by atoms with Gasteiger partial charge in [0.15, 0.2) is 0 Å². The Hall–Kier alpha value is -1.39. The summed E-state index contributed by atoms with van der Waals surface area (Å²) in [5, 5.41) is 9.28. The second kappa shape index (κ2) is 10.6. The highest BCUT2D eigenvalue weighted by Crippen LogP contribution is 2.16. The van der Waals surface area contributed by atoms with Gasteiger partial charge in [0.2, 0.25) is 5.91 Å². The Morgan fingerprint density at radius 3 is 2.68 bits per heavy atom. The van der Waals surface area contributed by atoms with Crippen LogP contribution in [-0.2, 0) is 11.3 Å². The summed E-state index contributed by atoms with van der Waals surface area (Å²) in [5.74, 6) is 0.297. The number of benzene rings is 1. The van der Waals surface area contributed by atoms with Gasteiger partial charge in [-0.3, -0.25) is 9.69 Å². The van der Waals surface area contributed by atoms with Gasteiger partial charge in [-0.15, -0.1) is 0 Å². The highest BCUT2D eigenvalue weighted by molar-refractivity contribution is 5.76. The fourth-order valence-corrected chi connectivity index (χ4v) is 3.64. The number of carbonyl (C=O) groups is 1. The minimum absolute atomic E-state index is 0.225. The first kappa shape index (κ1) is 19.9. The summed E-state index contributed by atoms with van der Waals surface area (Å²) in [4.78, 5) is 17.1. The SMILES string of the molecule is CC(O)CCCCCC(=O)N1CCCN(Cc2ccccc2)CC1C. The molecular formula is C21H34N2O2. The van der Waals surface area contributed by atoms with E-state index in [1.165, 1.54) is 5.56 Å². The van der Waals surface area contributed by atoms with E-state index >= 15 is 0 Å². The number of hydrogen-bond donors (Lipinski definition) is 1. The Labute approximate surface area is 152 Å². The van der Waals surface area contributed by atoms with Crippen molar-refractivity contribution in [1.29, 1.82) is 0 Å². The molecule has 0 spiro atoms. The molecule has 1 saturated heterocycles. The molecule has 2 rings (SSSR count). The molecule has 0 saturated carbocycles. The van der Waals surface area contributed by atoms with E-state index in [9.17, 15) is 9.90 Å². The maximum atomic E-state index is 12.6. The molecule has 0 radical (unpaired) electrons. The van der Waals surface area contributed by atoms with Gasteiger partial charge in [0.05, 0.1) is 6.10 Å². The second-order valence-corrected chi connectivity index (χ2v) is 7.46. The van der Waals surface area contributed by atoms with Crippen molar-refractivity contribution in [1.82, 2.24) is 9.80 Å². The van der Waals surface area contributed by atoms with Crippen LogP contribution in [0.2, 0.25) is 0 Å². The third-order valence-electron chi connectivity index (χ3n) is 5.01.